The molecule has 9 heteroatoms. The molecule has 2 atom stereocenters. The quantitative estimate of drug-likeness (QED) is 0.645. The van der Waals surface area contributed by atoms with E-state index in [1.807, 2.05) is 6.07 Å². The molecule has 1 N–H and O–H groups in total. The smallest absolute Gasteiger partial charge is 0.256 e. The lowest BCUT2D eigenvalue weighted by molar-refractivity contribution is -0.128. The molecule has 3 fully saturated rings. The Morgan fingerprint density at radius 1 is 1.03 bits per heavy atom. The highest BCUT2D eigenvalue weighted by molar-refractivity contribution is 5.98. The Labute approximate surface area is 216 Å². The first-order chi connectivity index (χ1) is 18.0. The zero-order valence-corrected chi connectivity index (χ0v) is 21.1. The fraction of sp³-hybridized carbons (Fsp3) is 0.464. The van der Waals surface area contributed by atoms with Crippen molar-refractivity contribution in [1.82, 2.24) is 15.1 Å². The highest BCUT2D eigenvalue weighted by atomic mass is 16.5. The van der Waals surface area contributed by atoms with E-state index in [1.54, 1.807) is 65.4 Å². The van der Waals surface area contributed by atoms with Crippen molar-refractivity contribution in [2.24, 2.45) is 0 Å². The van der Waals surface area contributed by atoms with Crippen LogP contribution in [0.15, 0.2) is 54.6 Å². The van der Waals surface area contributed by atoms with Crippen molar-refractivity contribution in [2.45, 2.75) is 43.6 Å². The van der Waals surface area contributed by atoms with Gasteiger partial charge in [0.25, 0.3) is 11.8 Å². The van der Waals surface area contributed by atoms with Gasteiger partial charge in [-0.3, -0.25) is 19.3 Å². The van der Waals surface area contributed by atoms with E-state index >= 15 is 0 Å². The van der Waals surface area contributed by atoms with Crippen molar-refractivity contribution in [1.29, 1.82) is 0 Å². The molecule has 0 aromatic heterocycles. The number of amides is 3. The number of nitrogens with one attached hydrogen (secondary N) is 1. The van der Waals surface area contributed by atoms with Gasteiger partial charge in [0.1, 0.15) is 17.5 Å². The van der Waals surface area contributed by atoms with Crippen LogP contribution in [0.1, 0.15) is 46.4 Å². The summed E-state index contributed by atoms with van der Waals surface area (Å²) in [5.41, 5.74) is 0.0923. The summed E-state index contributed by atoms with van der Waals surface area (Å²) in [5, 5.41) is 2.97. The molecule has 3 heterocycles. The number of likely N-dealkylation sites (tertiary alicyclic amines) is 1. The second-order valence-electron chi connectivity index (χ2n) is 9.72. The summed E-state index contributed by atoms with van der Waals surface area (Å²) in [6.07, 6.45) is 2.73. The third-order valence-corrected chi connectivity index (χ3v) is 7.48. The lowest BCUT2D eigenvalue weighted by Crippen LogP contribution is -2.60. The van der Waals surface area contributed by atoms with Crippen LogP contribution in [0.2, 0.25) is 0 Å². The number of carbonyl (C=O) groups excluding carboxylic acids is 3. The maximum Gasteiger partial charge on any atom is 0.256 e. The third-order valence-electron chi connectivity index (χ3n) is 7.48. The van der Waals surface area contributed by atoms with Gasteiger partial charge in [-0.1, -0.05) is 24.3 Å². The SMILES string of the molecule is COc1cccc(C(=O)N2CCC3(CC2)OC[C@H](C(=O)NC[C@H]2CCCO2)N3C(=O)c2ccccc2)c1. The number of rotatable bonds is 6. The van der Waals surface area contributed by atoms with Crippen LogP contribution in [-0.4, -0.2) is 85.3 Å². The molecule has 196 valence electrons. The van der Waals surface area contributed by atoms with Crippen molar-refractivity contribution >= 4 is 17.7 Å². The molecule has 0 unspecified atom stereocenters. The van der Waals surface area contributed by atoms with E-state index in [1.165, 1.54) is 0 Å². The summed E-state index contributed by atoms with van der Waals surface area (Å²) in [4.78, 5) is 43.6. The number of hydrogen-bond donors (Lipinski definition) is 1. The minimum atomic E-state index is -0.954. The van der Waals surface area contributed by atoms with Crippen LogP contribution in [0.3, 0.4) is 0 Å². The van der Waals surface area contributed by atoms with Gasteiger partial charge < -0.3 is 24.4 Å². The van der Waals surface area contributed by atoms with Crippen LogP contribution in [-0.2, 0) is 14.3 Å². The molecule has 0 bridgehead atoms. The van der Waals surface area contributed by atoms with Crippen LogP contribution >= 0.6 is 0 Å². The van der Waals surface area contributed by atoms with Gasteiger partial charge in [-0.2, -0.15) is 0 Å². The van der Waals surface area contributed by atoms with Crippen LogP contribution < -0.4 is 10.1 Å². The molecule has 0 radical (unpaired) electrons. The summed E-state index contributed by atoms with van der Waals surface area (Å²) in [6.45, 7) is 2.04. The molecule has 9 nitrogen and oxygen atoms in total. The summed E-state index contributed by atoms with van der Waals surface area (Å²) < 4.78 is 17.2. The molecule has 1 spiro atoms. The maximum absolute atomic E-state index is 13.7. The number of methoxy groups -OCH3 is 1. The van der Waals surface area contributed by atoms with Crippen LogP contribution in [0.5, 0.6) is 5.75 Å². The molecular weight excluding hydrogens is 474 g/mol. The van der Waals surface area contributed by atoms with Crippen LogP contribution in [0.25, 0.3) is 0 Å². The summed E-state index contributed by atoms with van der Waals surface area (Å²) in [6, 6.07) is 15.3. The van der Waals surface area contributed by atoms with Gasteiger partial charge in [0.05, 0.1) is 19.8 Å². The second-order valence-corrected chi connectivity index (χ2v) is 9.72. The van der Waals surface area contributed by atoms with Gasteiger partial charge in [-0.15, -0.1) is 0 Å². The minimum absolute atomic E-state index is 0.00404. The molecule has 3 aliphatic rings. The van der Waals surface area contributed by atoms with E-state index in [-0.39, 0.29) is 30.4 Å². The third kappa shape index (κ3) is 5.19. The van der Waals surface area contributed by atoms with E-state index in [0.717, 1.165) is 12.8 Å². The summed E-state index contributed by atoms with van der Waals surface area (Å²) in [7, 11) is 1.57. The summed E-state index contributed by atoms with van der Waals surface area (Å²) in [5.74, 6) is 0.0305. The zero-order chi connectivity index (χ0) is 25.8. The lowest BCUT2D eigenvalue weighted by Gasteiger charge is -2.44. The normalized spacial score (nSPS) is 22.7. The molecule has 0 saturated carbocycles. The number of nitrogens with zero attached hydrogens (tertiary/aromatic N) is 2. The first-order valence-electron chi connectivity index (χ1n) is 12.9. The lowest BCUT2D eigenvalue weighted by atomic mass is 9.96. The molecule has 0 aliphatic carbocycles. The Bertz CT molecular complexity index is 1130. The van der Waals surface area contributed by atoms with E-state index in [9.17, 15) is 14.4 Å². The standard InChI is InChI=1S/C28H33N3O6/c1-35-22-10-5-9-21(17-22)26(33)30-14-12-28(13-15-30)31(27(34)20-7-3-2-4-8-20)24(19-37-28)25(32)29-18-23-11-6-16-36-23/h2-5,7-10,17,23-24H,6,11-16,18-19H2,1H3,(H,29,32)/t23-,24-/m1/s1. The minimum Gasteiger partial charge on any atom is -0.497 e. The molecule has 2 aromatic carbocycles. The highest BCUT2D eigenvalue weighted by Crippen LogP contribution is 2.39. The van der Waals surface area contributed by atoms with Crippen molar-refractivity contribution in [3.63, 3.8) is 0 Å². The van der Waals surface area contributed by atoms with E-state index in [0.29, 0.717) is 56.0 Å². The molecule has 3 aliphatic heterocycles. The van der Waals surface area contributed by atoms with E-state index < -0.39 is 11.8 Å². The van der Waals surface area contributed by atoms with Gasteiger partial charge >= 0.3 is 0 Å². The molecule has 2 aromatic rings. The fourth-order valence-electron chi connectivity index (χ4n) is 5.42. The fourth-order valence-corrected chi connectivity index (χ4v) is 5.42. The van der Waals surface area contributed by atoms with E-state index in [2.05, 4.69) is 5.32 Å². The Balaban J connectivity index is 1.33. The number of ether oxygens (including phenoxy) is 3. The predicted molar refractivity (Wildman–Crippen MR) is 135 cm³/mol. The van der Waals surface area contributed by atoms with Crippen molar-refractivity contribution in [3.05, 3.63) is 65.7 Å². The Hall–Kier alpha value is -3.43. The predicted octanol–water partition coefficient (Wildman–Crippen LogP) is 2.46. The monoisotopic (exact) mass is 507 g/mol. The number of carbonyl (C=O) groups is 3. The molecule has 37 heavy (non-hydrogen) atoms. The molecular formula is C28H33N3O6. The topological polar surface area (TPSA) is 97.4 Å². The van der Waals surface area contributed by atoms with E-state index in [4.69, 9.17) is 14.2 Å². The van der Waals surface area contributed by atoms with Crippen LogP contribution in [0.4, 0.5) is 0 Å². The van der Waals surface area contributed by atoms with Crippen molar-refractivity contribution < 1.29 is 28.6 Å². The second kappa shape index (κ2) is 10.9. The van der Waals surface area contributed by atoms with Crippen LogP contribution in [0, 0.1) is 0 Å². The Kier molecular flexibility index (Phi) is 7.43. The molecule has 3 amide bonds. The number of benzene rings is 2. The number of piperidine rings is 1. The maximum atomic E-state index is 13.7. The summed E-state index contributed by atoms with van der Waals surface area (Å²) >= 11 is 0. The average molecular weight is 508 g/mol. The Morgan fingerprint density at radius 2 is 1.78 bits per heavy atom. The zero-order valence-electron chi connectivity index (χ0n) is 21.1. The van der Waals surface area contributed by atoms with Gasteiger partial charge in [0, 0.05) is 50.2 Å². The van der Waals surface area contributed by atoms with Gasteiger partial charge in [0.2, 0.25) is 5.91 Å². The largest absolute Gasteiger partial charge is 0.497 e. The molecule has 5 rings (SSSR count). The van der Waals surface area contributed by atoms with Gasteiger partial charge in [-0.25, -0.2) is 0 Å². The first-order valence-corrected chi connectivity index (χ1v) is 12.9. The Morgan fingerprint density at radius 3 is 2.49 bits per heavy atom. The van der Waals surface area contributed by atoms with Crippen molar-refractivity contribution in [2.75, 3.05) is 40.0 Å². The number of hydrogen-bond acceptors (Lipinski definition) is 6. The van der Waals surface area contributed by atoms with Gasteiger partial charge in [-0.05, 0) is 43.2 Å². The van der Waals surface area contributed by atoms with Gasteiger partial charge in [0.15, 0.2) is 0 Å². The average Bonchev–Trinajstić information content (AvgIpc) is 3.60. The molecule has 3 saturated heterocycles. The first kappa shape index (κ1) is 25.2. The van der Waals surface area contributed by atoms with Crippen molar-refractivity contribution in [3.8, 4) is 5.75 Å². The highest BCUT2D eigenvalue weighted by Gasteiger charge is 2.54.